The normalized spacial score (nSPS) is 18.4. The third-order valence-corrected chi connectivity index (χ3v) is 6.38. The van der Waals surface area contributed by atoms with E-state index in [0.29, 0.717) is 17.6 Å². The van der Waals surface area contributed by atoms with Crippen LogP contribution in [0.4, 0.5) is 0 Å². The van der Waals surface area contributed by atoms with Gasteiger partial charge in [0.05, 0.1) is 27.9 Å². The summed E-state index contributed by atoms with van der Waals surface area (Å²) in [5, 5.41) is 0. The van der Waals surface area contributed by atoms with E-state index >= 15 is 0 Å². The zero-order chi connectivity index (χ0) is 18.7. The van der Waals surface area contributed by atoms with Crippen LogP contribution in [0.5, 0.6) is 0 Å². The Morgan fingerprint density at radius 1 is 1.28 bits per heavy atom. The van der Waals surface area contributed by atoms with Crippen LogP contribution < -0.4 is 4.72 Å². The summed E-state index contributed by atoms with van der Waals surface area (Å²) in [6, 6.07) is 7.49. The summed E-state index contributed by atoms with van der Waals surface area (Å²) in [6.07, 6.45) is 4.62. The minimum Gasteiger partial charge on any atom is -0.462 e. The van der Waals surface area contributed by atoms with Gasteiger partial charge in [0.1, 0.15) is 0 Å². The molecule has 1 fully saturated rings. The Morgan fingerprint density at radius 3 is 2.36 bits per heavy atom. The van der Waals surface area contributed by atoms with Gasteiger partial charge < -0.3 is 4.74 Å². The first-order valence-electron chi connectivity index (χ1n) is 9.10. The van der Waals surface area contributed by atoms with Gasteiger partial charge in [0.15, 0.2) is 0 Å². The molecule has 0 aliphatic heterocycles. The molecule has 140 valence electrons. The second-order valence-electron chi connectivity index (χ2n) is 8.24. The Morgan fingerprint density at radius 2 is 1.88 bits per heavy atom. The quantitative estimate of drug-likeness (QED) is 0.688. The third kappa shape index (κ3) is 5.93. The van der Waals surface area contributed by atoms with E-state index in [1.807, 2.05) is 32.9 Å². The summed E-state index contributed by atoms with van der Waals surface area (Å²) in [5.41, 5.74) is 2.07. The summed E-state index contributed by atoms with van der Waals surface area (Å²) < 4.78 is 20.6. The average Bonchev–Trinajstić information content (AvgIpc) is 3.28. The van der Waals surface area contributed by atoms with Crippen LogP contribution in [0.15, 0.2) is 24.3 Å². The van der Waals surface area contributed by atoms with Crippen molar-refractivity contribution in [2.45, 2.75) is 71.1 Å². The molecule has 0 aromatic heterocycles. The largest absolute Gasteiger partial charge is 0.462 e. The Bertz CT molecular complexity index is 615. The fourth-order valence-corrected chi connectivity index (χ4v) is 3.49. The molecule has 0 bridgehead atoms. The number of hydrogen-bond donors (Lipinski definition) is 1. The lowest BCUT2D eigenvalue weighted by atomic mass is 9.95. The van der Waals surface area contributed by atoms with Crippen LogP contribution in [-0.2, 0) is 15.7 Å². The Balaban J connectivity index is 2.12. The highest BCUT2D eigenvalue weighted by Gasteiger charge is 2.37. The maximum absolute atomic E-state index is 12.6. The number of rotatable bonds is 8. The number of nitrogens with one attached hydrogen (secondary N) is 1. The predicted octanol–water partition coefficient (Wildman–Crippen LogP) is 4.54. The minimum absolute atomic E-state index is 0.0220. The SMILES string of the molecule is CCOC(=O)c1ccc([C@@H](CCC2(C)CC2)NS(=O)C(C)(C)C)cc1. The van der Waals surface area contributed by atoms with Crippen LogP contribution in [0.1, 0.15) is 82.3 Å². The predicted molar refractivity (Wildman–Crippen MR) is 103 cm³/mol. The highest BCUT2D eigenvalue weighted by atomic mass is 32.2. The van der Waals surface area contributed by atoms with Crippen molar-refractivity contribution >= 4 is 17.0 Å². The van der Waals surface area contributed by atoms with Crippen LogP contribution >= 0.6 is 0 Å². The van der Waals surface area contributed by atoms with Crippen LogP contribution in [0, 0.1) is 5.41 Å². The third-order valence-electron chi connectivity index (χ3n) is 4.77. The zero-order valence-corrected chi connectivity index (χ0v) is 16.9. The van der Waals surface area contributed by atoms with Gasteiger partial charge in [0, 0.05) is 6.04 Å². The number of carbonyl (C=O) groups is 1. The maximum Gasteiger partial charge on any atom is 0.338 e. The van der Waals surface area contributed by atoms with Crippen LogP contribution in [-0.4, -0.2) is 21.5 Å². The molecule has 4 nitrogen and oxygen atoms in total. The topological polar surface area (TPSA) is 55.4 Å². The van der Waals surface area contributed by atoms with E-state index < -0.39 is 11.0 Å². The summed E-state index contributed by atoms with van der Waals surface area (Å²) >= 11 is 0. The molecule has 1 saturated carbocycles. The summed E-state index contributed by atoms with van der Waals surface area (Å²) in [6.45, 7) is 10.4. The lowest BCUT2D eigenvalue weighted by Gasteiger charge is -2.25. The van der Waals surface area contributed by atoms with Crippen molar-refractivity contribution in [1.82, 2.24) is 4.72 Å². The van der Waals surface area contributed by atoms with Crippen molar-refractivity contribution in [3.63, 3.8) is 0 Å². The van der Waals surface area contributed by atoms with E-state index in [1.165, 1.54) is 12.8 Å². The van der Waals surface area contributed by atoms with E-state index in [9.17, 15) is 9.00 Å². The van der Waals surface area contributed by atoms with Gasteiger partial charge in [-0.25, -0.2) is 13.7 Å². The Hall–Kier alpha value is -1.20. The highest BCUT2D eigenvalue weighted by molar-refractivity contribution is 7.84. The van der Waals surface area contributed by atoms with E-state index in [1.54, 1.807) is 19.1 Å². The van der Waals surface area contributed by atoms with E-state index in [4.69, 9.17) is 4.74 Å². The monoisotopic (exact) mass is 365 g/mol. The Labute approximate surface area is 154 Å². The Kier molecular flexibility index (Phi) is 6.44. The number of ether oxygens (including phenoxy) is 1. The van der Waals surface area contributed by atoms with Gasteiger partial charge in [0.2, 0.25) is 0 Å². The molecular weight excluding hydrogens is 334 g/mol. The number of hydrogen-bond acceptors (Lipinski definition) is 3. The molecule has 1 unspecified atom stereocenters. The fraction of sp³-hybridized carbons (Fsp3) is 0.650. The van der Waals surface area contributed by atoms with Gasteiger partial charge in [-0.15, -0.1) is 0 Å². The first-order chi connectivity index (χ1) is 11.6. The fourth-order valence-electron chi connectivity index (χ4n) is 2.62. The molecule has 0 amide bonds. The van der Waals surface area contributed by atoms with Gasteiger partial charge in [-0.3, -0.25) is 0 Å². The molecule has 1 aliphatic rings. The molecule has 1 N–H and O–H groups in total. The molecule has 0 radical (unpaired) electrons. The van der Waals surface area contributed by atoms with E-state index in [2.05, 4.69) is 11.6 Å². The zero-order valence-electron chi connectivity index (χ0n) is 16.1. The first kappa shape index (κ1) is 20.1. The first-order valence-corrected chi connectivity index (χ1v) is 10.2. The second-order valence-corrected chi connectivity index (χ2v) is 10.2. The number of esters is 1. The van der Waals surface area contributed by atoms with Crippen molar-refractivity contribution in [2.24, 2.45) is 5.41 Å². The summed E-state index contributed by atoms with van der Waals surface area (Å²) in [4.78, 5) is 11.8. The molecule has 1 aromatic rings. The molecule has 0 spiro atoms. The minimum atomic E-state index is -1.13. The van der Waals surface area contributed by atoms with Gasteiger partial charge in [-0.2, -0.15) is 0 Å². The molecule has 0 saturated heterocycles. The maximum atomic E-state index is 12.6. The van der Waals surface area contributed by atoms with Gasteiger partial charge in [-0.05, 0) is 76.5 Å². The molecule has 25 heavy (non-hydrogen) atoms. The van der Waals surface area contributed by atoms with Gasteiger partial charge >= 0.3 is 5.97 Å². The molecule has 2 rings (SSSR count). The lowest BCUT2D eigenvalue weighted by molar-refractivity contribution is 0.0526. The van der Waals surface area contributed by atoms with Gasteiger partial charge in [0.25, 0.3) is 0 Å². The van der Waals surface area contributed by atoms with Crippen molar-refractivity contribution in [2.75, 3.05) is 6.61 Å². The summed E-state index contributed by atoms with van der Waals surface area (Å²) in [7, 11) is -1.13. The smallest absolute Gasteiger partial charge is 0.338 e. The molecule has 5 heteroatoms. The lowest BCUT2D eigenvalue weighted by Crippen LogP contribution is -2.36. The molecule has 0 heterocycles. The van der Waals surface area contributed by atoms with E-state index in [-0.39, 0.29) is 16.8 Å². The molecule has 2 atom stereocenters. The van der Waals surface area contributed by atoms with Crippen molar-refractivity contribution in [3.8, 4) is 0 Å². The number of benzene rings is 1. The van der Waals surface area contributed by atoms with Gasteiger partial charge in [-0.1, -0.05) is 19.1 Å². The molecule has 1 aromatic carbocycles. The summed E-state index contributed by atoms with van der Waals surface area (Å²) in [5.74, 6) is -0.303. The number of carbonyl (C=O) groups excluding carboxylic acids is 1. The standard InChI is InChI=1S/C20H31NO3S/c1-6-24-18(22)16-9-7-15(8-10-16)17(11-12-20(5)13-14-20)21-25(23)19(2,3)4/h7-10,17,21H,6,11-14H2,1-5H3/t17-,25?/m1/s1. The van der Waals surface area contributed by atoms with Crippen LogP contribution in [0.3, 0.4) is 0 Å². The average molecular weight is 366 g/mol. The van der Waals surface area contributed by atoms with Crippen molar-refractivity contribution in [3.05, 3.63) is 35.4 Å². The van der Waals surface area contributed by atoms with Crippen LogP contribution in [0.25, 0.3) is 0 Å². The van der Waals surface area contributed by atoms with E-state index in [0.717, 1.165) is 18.4 Å². The second kappa shape index (κ2) is 8.00. The highest BCUT2D eigenvalue weighted by Crippen LogP contribution is 2.50. The van der Waals surface area contributed by atoms with Crippen molar-refractivity contribution < 1.29 is 13.7 Å². The molecular formula is C20H31NO3S. The molecule has 1 aliphatic carbocycles. The van der Waals surface area contributed by atoms with Crippen LogP contribution in [0.2, 0.25) is 0 Å². The van der Waals surface area contributed by atoms with Crippen molar-refractivity contribution in [1.29, 1.82) is 0 Å².